The van der Waals surface area contributed by atoms with Gasteiger partial charge < -0.3 is 19.8 Å². The van der Waals surface area contributed by atoms with Crippen molar-refractivity contribution in [3.8, 4) is 0 Å². The molecule has 1 saturated carbocycles. The normalized spacial score (nSPS) is 14.5. The van der Waals surface area contributed by atoms with Crippen LogP contribution in [0, 0.1) is 5.92 Å². The highest BCUT2D eigenvalue weighted by Crippen LogP contribution is 2.29. The van der Waals surface area contributed by atoms with Gasteiger partial charge in [-0.25, -0.2) is 4.79 Å². The molecule has 1 aliphatic rings. The molecule has 1 aliphatic carbocycles. The Morgan fingerprint density at radius 1 is 1.16 bits per heavy atom. The first-order valence-electron chi connectivity index (χ1n) is 6.76. The van der Waals surface area contributed by atoms with E-state index in [0.717, 1.165) is 25.8 Å². The van der Waals surface area contributed by atoms with Crippen LogP contribution in [0.3, 0.4) is 0 Å². The second-order valence-electron chi connectivity index (χ2n) is 5.58. The van der Waals surface area contributed by atoms with Gasteiger partial charge in [0.05, 0.1) is 0 Å². The molecule has 1 fully saturated rings. The van der Waals surface area contributed by atoms with Gasteiger partial charge >= 0.3 is 12.0 Å². The Kier molecular flexibility index (Phi) is 6.08. The van der Waals surface area contributed by atoms with Crippen LogP contribution in [-0.2, 0) is 4.79 Å². The van der Waals surface area contributed by atoms with Crippen molar-refractivity contribution in [1.82, 2.24) is 14.7 Å². The molecule has 0 spiro atoms. The third-order valence-corrected chi connectivity index (χ3v) is 3.20. The van der Waals surface area contributed by atoms with E-state index in [4.69, 9.17) is 5.11 Å². The summed E-state index contributed by atoms with van der Waals surface area (Å²) in [5.41, 5.74) is 0. The summed E-state index contributed by atoms with van der Waals surface area (Å²) >= 11 is 0. The molecule has 0 unspecified atom stereocenters. The number of urea groups is 1. The lowest BCUT2D eigenvalue weighted by Gasteiger charge is -2.27. The summed E-state index contributed by atoms with van der Waals surface area (Å²) in [5.74, 6) is -0.450. The lowest BCUT2D eigenvalue weighted by atomic mass is 10.3. The zero-order valence-corrected chi connectivity index (χ0v) is 12.1. The van der Waals surface area contributed by atoms with Crippen LogP contribution >= 0.6 is 0 Å². The van der Waals surface area contributed by atoms with E-state index in [2.05, 4.69) is 4.90 Å². The largest absolute Gasteiger partial charge is 0.480 e. The van der Waals surface area contributed by atoms with E-state index in [9.17, 15) is 9.59 Å². The predicted octanol–water partition coefficient (Wildman–Crippen LogP) is 0.786. The van der Waals surface area contributed by atoms with Crippen molar-refractivity contribution in [2.75, 3.05) is 47.3 Å². The molecule has 0 aliphatic heterocycles. The average Bonchev–Trinajstić information content (AvgIpc) is 3.09. The van der Waals surface area contributed by atoms with Gasteiger partial charge in [0.15, 0.2) is 0 Å². The van der Waals surface area contributed by atoms with Gasteiger partial charge in [-0.3, -0.25) is 4.79 Å². The van der Waals surface area contributed by atoms with E-state index in [1.54, 1.807) is 11.9 Å². The number of aliphatic carboxylic acids is 1. The number of hydrogen-bond acceptors (Lipinski definition) is 3. The summed E-state index contributed by atoms with van der Waals surface area (Å²) in [6.45, 7) is 1.94. The molecule has 19 heavy (non-hydrogen) atoms. The highest BCUT2D eigenvalue weighted by Gasteiger charge is 2.29. The molecule has 2 amide bonds. The highest BCUT2D eigenvalue weighted by molar-refractivity contribution is 5.80. The van der Waals surface area contributed by atoms with Crippen LogP contribution in [0.2, 0.25) is 0 Å². The monoisotopic (exact) mass is 271 g/mol. The lowest BCUT2D eigenvalue weighted by molar-refractivity contribution is -0.137. The number of carboxylic acids is 1. The fourth-order valence-electron chi connectivity index (χ4n) is 1.95. The van der Waals surface area contributed by atoms with Crippen LogP contribution in [0.4, 0.5) is 4.79 Å². The number of amides is 2. The standard InChI is InChI=1S/C13H25N3O3/c1-14(2)7-4-8-15(3)13(19)16(10-12(17)18)9-11-5-6-11/h11H,4-10H2,1-3H3,(H,17,18). The molecular formula is C13H25N3O3. The Morgan fingerprint density at radius 2 is 1.79 bits per heavy atom. The lowest BCUT2D eigenvalue weighted by Crippen LogP contribution is -2.45. The summed E-state index contributed by atoms with van der Waals surface area (Å²) in [6.07, 6.45) is 3.10. The first-order chi connectivity index (χ1) is 8.90. The van der Waals surface area contributed by atoms with E-state index < -0.39 is 5.97 Å². The van der Waals surface area contributed by atoms with Gasteiger partial charge in [-0.2, -0.15) is 0 Å². The molecule has 1 N–H and O–H groups in total. The van der Waals surface area contributed by atoms with Gasteiger partial charge in [0, 0.05) is 20.1 Å². The second-order valence-corrected chi connectivity index (χ2v) is 5.58. The number of carboxylic acid groups (broad SMARTS) is 1. The molecule has 0 bridgehead atoms. The second kappa shape index (κ2) is 7.33. The fourth-order valence-corrected chi connectivity index (χ4v) is 1.95. The van der Waals surface area contributed by atoms with Crippen molar-refractivity contribution in [2.45, 2.75) is 19.3 Å². The van der Waals surface area contributed by atoms with Gasteiger partial charge in [0.25, 0.3) is 0 Å². The number of hydrogen-bond donors (Lipinski definition) is 1. The van der Waals surface area contributed by atoms with Crippen LogP contribution < -0.4 is 0 Å². The first-order valence-corrected chi connectivity index (χ1v) is 6.76. The summed E-state index contributed by atoms with van der Waals surface area (Å²) in [4.78, 5) is 28.2. The number of carbonyl (C=O) groups excluding carboxylic acids is 1. The Hall–Kier alpha value is -1.30. The van der Waals surface area contributed by atoms with Gasteiger partial charge in [-0.05, 0) is 45.8 Å². The highest BCUT2D eigenvalue weighted by atomic mass is 16.4. The van der Waals surface area contributed by atoms with E-state index >= 15 is 0 Å². The van der Waals surface area contributed by atoms with Crippen molar-refractivity contribution >= 4 is 12.0 Å². The summed E-state index contributed by atoms with van der Waals surface area (Å²) in [7, 11) is 5.72. The maximum atomic E-state index is 12.2. The first kappa shape index (κ1) is 15.8. The Morgan fingerprint density at radius 3 is 2.26 bits per heavy atom. The summed E-state index contributed by atoms with van der Waals surface area (Å²) in [5, 5.41) is 8.88. The third kappa shape index (κ3) is 6.42. The quantitative estimate of drug-likeness (QED) is 0.709. The van der Waals surface area contributed by atoms with Crippen molar-refractivity contribution < 1.29 is 14.7 Å². The Labute approximate surface area is 115 Å². The fraction of sp³-hybridized carbons (Fsp3) is 0.846. The molecule has 0 radical (unpaired) electrons. The van der Waals surface area contributed by atoms with Gasteiger partial charge in [0.2, 0.25) is 0 Å². The van der Waals surface area contributed by atoms with Crippen LogP contribution in [-0.4, -0.2) is 79.1 Å². The van der Waals surface area contributed by atoms with E-state index in [1.165, 1.54) is 4.90 Å². The predicted molar refractivity (Wildman–Crippen MR) is 73.1 cm³/mol. The number of nitrogens with zero attached hydrogens (tertiary/aromatic N) is 3. The van der Waals surface area contributed by atoms with Crippen LogP contribution in [0.25, 0.3) is 0 Å². The molecule has 0 saturated heterocycles. The van der Waals surface area contributed by atoms with Crippen molar-refractivity contribution in [3.05, 3.63) is 0 Å². The van der Waals surface area contributed by atoms with E-state index in [0.29, 0.717) is 19.0 Å². The van der Waals surface area contributed by atoms with E-state index in [-0.39, 0.29) is 12.6 Å². The molecule has 0 aromatic carbocycles. The smallest absolute Gasteiger partial charge is 0.323 e. The molecular weight excluding hydrogens is 246 g/mol. The zero-order chi connectivity index (χ0) is 14.4. The maximum Gasteiger partial charge on any atom is 0.323 e. The molecule has 1 rings (SSSR count). The molecule has 0 aromatic heterocycles. The van der Waals surface area contributed by atoms with Crippen LogP contribution in [0.1, 0.15) is 19.3 Å². The van der Waals surface area contributed by atoms with Crippen LogP contribution in [0.5, 0.6) is 0 Å². The minimum Gasteiger partial charge on any atom is -0.480 e. The molecule has 6 heteroatoms. The zero-order valence-electron chi connectivity index (χ0n) is 12.1. The topological polar surface area (TPSA) is 64.1 Å². The maximum absolute atomic E-state index is 12.2. The number of rotatable bonds is 8. The molecule has 0 heterocycles. The SMILES string of the molecule is CN(C)CCCN(C)C(=O)N(CC(=O)O)CC1CC1. The molecule has 6 nitrogen and oxygen atoms in total. The average molecular weight is 271 g/mol. The van der Waals surface area contributed by atoms with Gasteiger partial charge in [-0.1, -0.05) is 0 Å². The van der Waals surface area contributed by atoms with Crippen LogP contribution in [0.15, 0.2) is 0 Å². The van der Waals surface area contributed by atoms with Crippen molar-refractivity contribution in [3.63, 3.8) is 0 Å². The molecule has 0 atom stereocenters. The van der Waals surface area contributed by atoms with E-state index in [1.807, 2.05) is 14.1 Å². The minimum atomic E-state index is -0.948. The third-order valence-electron chi connectivity index (χ3n) is 3.20. The Balaban J connectivity index is 2.41. The van der Waals surface area contributed by atoms with Crippen molar-refractivity contribution in [1.29, 1.82) is 0 Å². The number of carbonyl (C=O) groups is 2. The molecule has 0 aromatic rings. The summed E-state index contributed by atoms with van der Waals surface area (Å²) in [6, 6.07) is -0.173. The molecule has 110 valence electrons. The summed E-state index contributed by atoms with van der Waals surface area (Å²) < 4.78 is 0. The van der Waals surface area contributed by atoms with Gasteiger partial charge in [0.1, 0.15) is 6.54 Å². The Bertz CT molecular complexity index is 316. The minimum absolute atomic E-state index is 0.173. The van der Waals surface area contributed by atoms with Gasteiger partial charge in [-0.15, -0.1) is 0 Å². The van der Waals surface area contributed by atoms with Crippen molar-refractivity contribution in [2.24, 2.45) is 5.92 Å².